The number of benzene rings is 1. The predicted octanol–water partition coefficient (Wildman–Crippen LogP) is 1.55. The molecule has 1 aliphatic heterocycles. The Hall–Kier alpha value is -1.71. The minimum atomic E-state index is -0.528. The molecule has 1 aromatic carbocycles. The van der Waals surface area contributed by atoms with E-state index in [4.69, 9.17) is 0 Å². The summed E-state index contributed by atoms with van der Waals surface area (Å²) in [7, 11) is 1.69. The maximum Gasteiger partial charge on any atom is 0.270 e. The summed E-state index contributed by atoms with van der Waals surface area (Å²) in [5.41, 5.74) is 0.167. The number of piperidine rings is 1. The molecule has 1 saturated heterocycles. The quantitative estimate of drug-likeness (QED) is 0.471. The lowest BCUT2D eigenvalue weighted by Gasteiger charge is -2.30. The third kappa shape index (κ3) is 3.69. The van der Waals surface area contributed by atoms with Gasteiger partial charge in [0.15, 0.2) is 0 Å². The summed E-state index contributed by atoms with van der Waals surface area (Å²) in [5, 5.41) is 13.6. The van der Waals surface area contributed by atoms with E-state index in [1.807, 2.05) is 22.6 Å². The second kappa shape index (κ2) is 6.37. The molecule has 2 amide bonds. The Morgan fingerprint density at radius 3 is 2.86 bits per heavy atom. The fourth-order valence-corrected chi connectivity index (χ4v) is 2.77. The smallest absolute Gasteiger partial charge is 0.270 e. The normalized spacial score (nSPS) is 18.5. The summed E-state index contributed by atoms with van der Waals surface area (Å²) < 4.78 is 0.649. The van der Waals surface area contributed by atoms with Crippen LogP contribution in [0.4, 0.5) is 5.69 Å². The van der Waals surface area contributed by atoms with Crippen LogP contribution in [0, 0.1) is 13.7 Å². The average Bonchev–Trinajstić information content (AvgIpc) is 2.43. The lowest BCUT2D eigenvalue weighted by molar-refractivity contribution is -0.384. The zero-order valence-electron chi connectivity index (χ0n) is 11.3. The molecule has 8 heteroatoms. The summed E-state index contributed by atoms with van der Waals surface area (Å²) in [6.45, 7) is 0.454. The van der Waals surface area contributed by atoms with E-state index in [1.165, 1.54) is 12.1 Å². The minimum absolute atomic E-state index is 0.0606. The number of nitrogens with zero attached hydrogens (tertiary/aromatic N) is 2. The highest BCUT2D eigenvalue weighted by Crippen LogP contribution is 2.20. The number of nitrogens with one attached hydrogen (secondary N) is 1. The maximum absolute atomic E-state index is 12.3. The van der Waals surface area contributed by atoms with Crippen molar-refractivity contribution in [2.24, 2.45) is 0 Å². The van der Waals surface area contributed by atoms with Gasteiger partial charge in [0.2, 0.25) is 5.91 Å². The highest BCUT2D eigenvalue weighted by molar-refractivity contribution is 14.1. The van der Waals surface area contributed by atoms with Crippen molar-refractivity contribution in [3.05, 3.63) is 37.4 Å². The minimum Gasteiger partial charge on any atom is -0.347 e. The second-order valence-electron chi connectivity index (χ2n) is 4.90. The Morgan fingerprint density at radius 1 is 1.52 bits per heavy atom. The average molecular weight is 403 g/mol. The SMILES string of the molecule is CN1CC(NC(=O)c2cc([N+](=O)[O-])ccc2I)CCC1=O. The number of amides is 2. The van der Waals surface area contributed by atoms with Crippen molar-refractivity contribution in [2.45, 2.75) is 18.9 Å². The van der Waals surface area contributed by atoms with Gasteiger partial charge in [0.05, 0.1) is 10.5 Å². The fraction of sp³-hybridized carbons (Fsp3) is 0.385. The molecule has 0 radical (unpaired) electrons. The highest BCUT2D eigenvalue weighted by Gasteiger charge is 2.25. The van der Waals surface area contributed by atoms with Gasteiger partial charge in [-0.05, 0) is 35.1 Å². The molecule has 1 aromatic rings. The molecular weight excluding hydrogens is 389 g/mol. The predicted molar refractivity (Wildman–Crippen MR) is 83.9 cm³/mol. The van der Waals surface area contributed by atoms with Crippen molar-refractivity contribution < 1.29 is 14.5 Å². The first-order valence-electron chi connectivity index (χ1n) is 6.37. The van der Waals surface area contributed by atoms with E-state index in [2.05, 4.69) is 5.32 Å². The molecule has 0 aliphatic carbocycles. The van der Waals surface area contributed by atoms with E-state index in [0.717, 1.165) is 0 Å². The number of nitro benzene ring substituents is 1. The van der Waals surface area contributed by atoms with E-state index in [0.29, 0.717) is 23.0 Å². The van der Waals surface area contributed by atoms with Gasteiger partial charge >= 0.3 is 0 Å². The fourth-order valence-electron chi connectivity index (χ4n) is 2.19. The maximum atomic E-state index is 12.3. The van der Waals surface area contributed by atoms with E-state index < -0.39 is 4.92 Å². The molecule has 21 heavy (non-hydrogen) atoms. The van der Waals surface area contributed by atoms with E-state index in [-0.39, 0.29) is 29.1 Å². The molecule has 2 rings (SSSR count). The van der Waals surface area contributed by atoms with Crippen molar-refractivity contribution in [1.29, 1.82) is 0 Å². The molecular formula is C13H14IN3O4. The largest absolute Gasteiger partial charge is 0.347 e. The van der Waals surface area contributed by atoms with Crippen molar-refractivity contribution in [3.8, 4) is 0 Å². The van der Waals surface area contributed by atoms with Gasteiger partial charge < -0.3 is 10.2 Å². The van der Waals surface area contributed by atoms with E-state index in [9.17, 15) is 19.7 Å². The molecule has 1 N–H and O–H groups in total. The summed E-state index contributed by atoms with van der Waals surface area (Å²) in [6, 6.07) is 4.06. The lowest BCUT2D eigenvalue weighted by Crippen LogP contribution is -2.48. The zero-order chi connectivity index (χ0) is 15.6. The Labute approximate surface area is 135 Å². The number of likely N-dealkylation sites (tertiary alicyclic amines) is 1. The van der Waals surface area contributed by atoms with Crippen LogP contribution in [0.5, 0.6) is 0 Å². The number of rotatable bonds is 3. The molecule has 0 saturated carbocycles. The van der Waals surface area contributed by atoms with Crippen LogP contribution < -0.4 is 5.32 Å². The summed E-state index contributed by atoms with van der Waals surface area (Å²) in [5.74, 6) is -0.290. The molecule has 0 spiro atoms. The first-order chi connectivity index (χ1) is 9.88. The van der Waals surface area contributed by atoms with E-state index >= 15 is 0 Å². The number of carbonyl (C=O) groups excluding carboxylic acids is 2. The van der Waals surface area contributed by atoms with Gasteiger partial charge in [-0.2, -0.15) is 0 Å². The van der Waals surface area contributed by atoms with Crippen LogP contribution in [0.2, 0.25) is 0 Å². The molecule has 1 fully saturated rings. The van der Waals surface area contributed by atoms with Gasteiger partial charge in [0.1, 0.15) is 0 Å². The third-order valence-corrected chi connectivity index (χ3v) is 4.31. The van der Waals surface area contributed by atoms with Crippen LogP contribution >= 0.6 is 22.6 Å². The van der Waals surface area contributed by atoms with Crippen molar-refractivity contribution in [1.82, 2.24) is 10.2 Å². The number of non-ortho nitro benzene ring substituents is 1. The van der Waals surface area contributed by atoms with Crippen LogP contribution in [0.1, 0.15) is 23.2 Å². The van der Waals surface area contributed by atoms with Gasteiger partial charge in [-0.25, -0.2) is 0 Å². The lowest BCUT2D eigenvalue weighted by atomic mass is 10.0. The summed E-state index contributed by atoms with van der Waals surface area (Å²) in [4.78, 5) is 35.5. The van der Waals surface area contributed by atoms with Crippen LogP contribution in [0.3, 0.4) is 0 Å². The van der Waals surface area contributed by atoms with Crippen LogP contribution in [-0.2, 0) is 4.79 Å². The first kappa shape index (κ1) is 15.7. The summed E-state index contributed by atoms with van der Waals surface area (Å²) in [6.07, 6.45) is 0.980. The molecule has 0 bridgehead atoms. The van der Waals surface area contributed by atoms with Crippen LogP contribution in [0.25, 0.3) is 0 Å². The van der Waals surface area contributed by atoms with E-state index in [1.54, 1.807) is 18.0 Å². The van der Waals surface area contributed by atoms with Gasteiger partial charge in [0.25, 0.3) is 11.6 Å². The molecule has 1 atom stereocenters. The molecule has 7 nitrogen and oxygen atoms in total. The Morgan fingerprint density at radius 2 is 2.24 bits per heavy atom. The molecule has 0 aromatic heterocycles. The van der Waals surface area contributed by atoms with Gasteiger partial charge in [-0.15, -0.1) is 0 Å². The number of likely N-dealkylation sites (N-methyl/N-ethyl adjacent to an activating group) is 1. The highest BCUT2D eigenvalue weighted by atomic mass is 127. The monoisotopic (exact) mass is 403 g/mol. The first-order valence-corrected chi connectivity index (χ1v) is 7.45. The third-order valence-electron chi connectivity index (χ3n) is 3.37. The number of hydrogen-bond donors (Lipinski definition) is 1. The Bertz CT molecular complexity index is 605. The number of halogens is 1. The second-order valence-corrected chi connectivity index (χ2v) is 6.07. The molecule has 1 heterocycles. The topological polar surface area (TPSA) is 92.6 Å². The zero-order valence-corrected chi connectivity index (χ0v) is 13.5. The van der Waals surface area contributed by atoms with Crippen molar-refractivity contribution >= 4 is 40.1 Å². The van der Waals surface area contributed by atoms with Gasteiger partial charge in [0, 0.05) is 41.8 Å². The van der Waals surface area contributed by atoms with Crippen molar-refractivity contribution in [2.75, 3.05) is 13.6 Å². The molecule has 112 valence electrons. The molecule has 1 unspecified atom stereocenters. The Balaban J connectivity index is 2.11. The Kier molecular flexibility index (Phi) is 4.76. The standard InChI is InChI=1S/C13H14IN3O4/c1-16-7-8(2-5-12(16)18)15-13(19)10-6-9(17(20)21)3-4-11(10)14/h3-4,6,8H,2,5,7H2,1H3,(H,15,19). The van der Waals surface area contributed by atoms with Gasteiger partial charge in [-0.1, -0.05) is 0 Å². The van der Waals surface area contributed by atoms with Crippen molar-refractivity contribution in [3.63, 3.8) is 0 Å². The molecule has 1 aliphatic rings. The number of hydrogen-bond acceptors (Lipinski definition) is 4. The number of nitro groups is 1. The summed E-state index contributed by atoms with van der Waals surface area (Å²) >= 11 is 1.97. The number of carbonyl (C=O) groups is 2. The van der Waals surface area contributed by atoms with Crippen LogP contribution in [0.15, 0.2) is 18.2 Å². The van der Waals surface area contributed by atoms with Gasteiger partial charge in [-0.3, -0.25) is 19.7 Å². The van der Waals surface area contributed by atoms with Crippen LogP contribution in [-0.4, -0.2) is 41.3 Å².